The van der Waals surface area contributed by atoms with Crippen LogP contribution in [0.4, 0.5) is 0 Å². The topological polar surface area (TPSA) is 0 Å². The third-order valence-corrected chi connectivity index (χ3v) is 4.65. The van der Waals surface area contributed by atoms with Crippen LogP contribution in [0.5, 0.6) is 0 Å². The molecule has 0 aromatic rings. The molecule has 98 valence electrons. The molecule has 0 heteroatoms. The van der Waals surface area contributed by atoms with E-state index in [9.17, 15) is 0 Å². The minimum Gasteiger partial charge on any atom is -0.103 e. The van der Waals surface area contributed by atoms with Gasteiger partial charge in [-0.25, -0.2) is 0 Å². The van der Waals surface area contributed by atoms with Crippen LogP contribution in [0.15, 0.2) is 47.6 Å². The third kappa shape index (κ3) is 2.25. The smallest absolute Gasteiger partial charge is 0.00513 e. The molecule has 3 atom stereocenters. The molecule has 0 nitrogen and oxygen atoms in total. The van der Waals surface area contributed by atoms with Crippen LogP contribution in [0.25, 0.3) is 0 Å². The Bertz CT molecular complexity index is 437. The van der Waals surface area contributed by atoms with Gasteiger partial charge in [0.2, 0.25) is 0 Å². The first-order valence-electron chi connectivity index (χ1n) is 7.04. The molecular weight excluding hydrogens is 216 g/mol. The molecule has 0 fully saturated rings. The molecule has 0 saturated heterocycles. The normalized spacial score (nSPS) is 32.1. The van der Waals surface area contributed by atoms with Crippen LogP contribution >= 0.6 is 0 Å². The van der Waals surface area contributed by atoms with Crippen molar-refractivity contribution in [3.8, 4) is 0 Å². The SMILES string of the molecule is C=CC1CC(C)=C(C)C2C=C(C(C)(C)C)C=CC12. The largest absolute Gasteiger partial charge is 0.103 e. The van der Waals surface area contributed by atoms with Crippen molar-refractivity contribution in [2.24, 2.45) is 23.2 Å². The zero-order chi connectivity index (χ0) is 13.5. The monoisotopic (exact) mass is 242 g/mol. The summed E-state index contributed by atoms with van der Waals surface area (Å²) in [6.07, 6.45) is 10.6. The van der Waals surface area contributed by atoms with Crippen molar-refractivity contribution in [2.45, 2.75) is 41.0 Å². The lowest BCUT2D eigenvalue weighted by molar-refractivity contribution is 0.362. The van der Waals surface area contributed by atoms with Gasteiger partial charge in [0.25, 0.3) is 0 Å². The van der Waals surface area contributed by atoms with Crippen molar-refractivity contribution >= 4 is 0 Å². The maximum absolute atomic E-state index is 4.03. The molecule has 0 bridgehead atoms. The quantitative estimate of drug-likeness (QED) is 0.547. The number of hydrogen-bond acceptors (Lipinski definition) is 0. The molecule has 2 aliphatic rings. The molecular formula is C18H26. The fourth-order valence-corrected chi connectivity index (χ4v) is 3.19. The van der Waals surface area contributed by atoms with Gasteiger partial charge in [-0.2, -0.15) is 0 Å². The van der Waals surface area contributed by atoms with Crippen LogP contribution in [-0.4, -0.2) is 0 Å². The maximum Gasteiger partial charge on any atom is 0.00513 e. The fourth-order valence-electron chi connectivity index (χ4n) is 3.19. The average Bonchev–Trinajstić information content (AvgIpc) is 2.32. The summed E-state index contributed by atoms with van der Waals surface area (Å²) in [5.41, 5.74) is 4.85. The van der Waals surface area contributed by atoms with Crippen molar-refractivity contribution in [1.29, 1.82) is 0 Å². The van der Waals surface area contributed by atoms with Gasteiger partial charge >= 0.3 is 0 Å². The van der Waals surface area contributed by atoms with E-state index >= 15 is 0 Å². The second-order valence-electron chi connectivity index (χ2n) is 6.90. The van der Waals surface area contributed by atoms with E-state index in [2.05, 4.69) is 65.5 Å². The predicted molar refractivity (Wildman–Crippen MR) is 80.3 cm³/mol. The summed E-state index contributed by atoms with van der Waals surface area (Å²) in [6.45, 7) is 15.5. The number of fused-ring (bicyclic) bond motifs is 1. The van der Waals surface area contributed by atoms with Crippen molar-refractivity contribution < 1.29 is 0 Å². The first kappa shape index (κ1) is 13.4. The molecule has 0 radical (unpaired) electrons. The van der Waals surface area contributed by atoms with E-state index in [-0.39, 0.29) is 5.41 Å². The van der Waals surface area contributed by atoms with E-state index in [1.165, 1.54) is 12.0 Å². The fraction of sp³-hybridized carbons (Fsp3) is 0.556. The molecule has 0 N–H and O–H groups in total. The van der Waals surface area contributed by atoms with Gasteiger partial charge in [0.15, 0.2) is 0 Å². The summed E-state index contributed by atoms with van der Waals surface area (Å²) in [5.74, 6) is 1.81. The van der Waals surface area contributed by atoms with Gasteiger partial charge in [-0.15, -0.1) is 6.58 Å². The molecule has 0 aromatic heterocycles. The van der Waals surface area contributed by atoms with Crippen LogP contribution in [0.1, 0.15) is 41.0 Å². The first-order valence-corrected chi connectivity index (χ1v) is 7.04. The van der Waals surface area contributed by atoms with Gasteiger partial charge in [0.1, 0.15) is 0 Å². The summed E-state index contributed by atoms with van der Waals surface area (Å²) in [7, 11) is 0. The molecule has 0 spiro atoms. The van der Waals surface area contributed by atoms with E-state index in [1.807, 2.05) is 0 Å². The Morgan fingerprint density at radius 1 is 1.28 bits per heavy atom. The molecule has 2 aliphatic carbocycles. The van der Waals surface area contributed by atoms with Crippen LogP contribution in [0, 0.1) is 23.2 Å². The number of rotatable bonds is 1. The highest BCUT2D eigenvalue weighted by Gasteiger charge is 2.34. The molecule has 0 aliphatic heterocycles. The van der Waals surface area contributed by atoms with E-state index in [0.717, 1.165) is 0 Å². The summed E-state index contributed by atoms with van der Waals surface area (Å²) in [4.78, 5) is 0. The summed E-state index contributed by atoms with van der Waals surface area (Å²) >= 11 is 0. The standard InChI is InChI=1S/C18H26/c1-7-14-10-12(2)13(3)17-11-15(18(4,5)6)8-9-16(14)17/h7-9,11,14,16-17H,1,10H2,2-6H3. The third-order valence-electron chi connectivity index (χ3n) is 4.65. The Kier molecular flexibility index (Phi) is 3.40. The Morgan fingerprint density at radius 2 is 1.94 bits per heavy atom. The van der Waals surface area contributed by atoms with E-state index < -0.39 is 0 Å². The van der Waals surface area contributed by atoms with E-state index in [0.29, 0.717) is 17.8 Å². The highest BCUT2D eigenvalue weighted by Crippen LogP contribution is 2.45. The molecule has 2 rings (SSSR count). The molecule has 0 heterocycles. The molecule has 0 aromatic carbocycles. The maximum atomic E-state index is 4.03. The summed E-state index contributed by atoms with van der Waals surface area (Å²) in [6, 6.07) is 0. The molecule has 0 amide bonds. The van der Waals surface area contributed by atoms with Crippen LogP contribution in [0.2, 0.25) is 0 Å². The zero-order valence-electron chi connectivity index (χ0n) is 12.5. The lowest BCUT2D eigenvalue weighted by atomic mass is 9.65. The summed E-state index contributed by atoms with van der Waals surface area (Å²) < 4.78 is 0. The first-order chi connectivity index (χ1) is 8.34. The zero-order valence-corrected chi connectivity index (χ0v) is 12.5. The average molecular weight is 242 g/mol. The second-order valence-corrected chi connectivity index (χ2v) is 6.90. The highest BCUT2D eigenvalue weighted by atomic mass is 14.4. The van der Waals surface area contributed by atoms with Crippen molar-refractivity contribution in [2.75, 3.05) is 0 Å². The predicted octanol–water partition coefficient (Wildman–Crippen LogP) is 5.30. The molecule has 0 saturated carbocycles. The van der Waals surface area contributed by atoms with Crippen LogP contribution < -0.4 is 0 Å². The minimum absolute atomic E-state index is 0.247. The number of hydrogen-bond donors (Lipinski definition) is 0. The van der Waals surface area contributed by atoms with Crippen molar-refractivity contribution in [3.63, 3.8) is 0 Å². The van der Waals surface area contributed by atoms with Gasteiger partial charge in [0, 0.05) is 5.92 Å². The summed E-state index contributed by atoms with van der Waals surface area (Å²) in [5, 5.41) is 0. The Hall–Kier alpha value is -1.04. The van der Waals surface area contributed by atoms with Gasteiger partial charge in [0.05, 0.1) is 0 Å². The molecule has 18 heavy (non-hydrogen) atoms. The molecule has 3 unspecified atom stereocenters. The second kappa shape index (κ2) is 4.57. The van der Waals surface area contributed by atoms with Crippen LogP contribution in [-0.2, 0) is 0 Å². The highest BCUT2D eigenvalue weighted by molar-refractivity contribution is 5.38. The minimum atomic E-state index is 0.247. The number of allylic oxidation sites excluding steroid dienone is 7. The Labute approximate surface area is 112 Å². The lowest BCUT2D eigenvalue weighted by Gasteiger charge is -2.39. The lowest BCUT2D eigenvalue weighted by Crippen LogP contribution is -2.29. The van der Waals surface area contributed by atoms with E-state index in [4.69, 9.17) is 0 Å². The van der Waals surface area contributed by atoms with Gasteiger partial charge in [-0.1, -0.05) is 56.2 Å². The van der Waals surface area contributed by atoms with E-state index in [1.54, 1.807) is 11.1 Å². The van der Waals surface area contributed by atoms with Crippen molar-refractivity contribution in [3.05, 3.63) is 47.6 Å². The van der Waals surface area contributed by atoms with Crippen molar-refractivity contribution in [1.82, 2.24) is 0 Å². The van der Waals surface area contributed by atoms with Gasteiger partial charge < -0.3 is 0 Å². The van der Waals surface area contributed by atoms with Gasteiger partial charge in [-0.05, 0) is 43.1 Å². The van der Waals surface area contributed by atoms with Gasteiger partial charge in [-0.3, -0.25) is 0 Å². The Balaban J connectivity index is 2.42. The van der Waals surface area contributed by atoms with Crippen LogP contribution in [0.3, 0.4) is 0 Å². The Morgan fingerprint density at radius 3 is 2.50 bits per heavy atom.